The molecular weight excluding hydrogens is 390 g/mol. The lowest BCUT2D eigenvalue weighted by molar-refractivity contribution is -0.127. The molecule has 2 amide bonds. The first kappa shape index (κ1) is 19.7. The fourth-order valence-corrected chi connectivity index (χ4v) is 3.87. The summed E-state index contributed by atoms with van der Waals surface area (Å²) in [4.78, 5) is 26.2. The number of hydrogen-bond acceptors (Lipinski definition) is 4. The van der Waals surface area contributed by atoms with E-state index in [2.05, 4.69) is 15.5 Å². The van der Waals surface area contributed by atoms with Crippen molar-refractivity contribution in [2.45, 2.75) is 38.0 Å². The molecule has 1 atom stereocenters. The molecule has 0 radical (unpaired) electrons. The summed E-state index contributed by atoms with van der Waals surface area (Å²) in [5.74, 6) is 0.0925. The first-order valence-corrected chi connectivity index (χ1v) is 10.3. The van der Waals surface area contributed by atoms with Crippen molar-refractivity contribution in [2.24, 2.45) is 0 Å². The Morgan fingerprint density at radius 3 is 2.52 bits per heavy atom. The van der Waals surface area contributed by atoms with E-state index in [1.165, 1.54) is 6.42 Å². The van der Waals surface area contributed by atoms with Crippen LogP contribution in [0.2, 0.25) is 5.02 Å². The average Bonchev–Trinajstić information content (AvgIpc) is 2.67. The van der Waals surface area contributed by atoms with E-state index in [0.717, 1.165) is 24.0 Å². The third-order valence-electron chi connectivity index (χ3n) is 5.59. The highest BCUT2D eigenvalue weighted by atomic mass is 35.5. The molecule has 1 saturated heterocycles. The molecule has 2 aromatic rings. The van der Waals surface area contributed by atoms with E-state index in [1.807, 2.05) is 36.4 Å². The zero-order chi connectivity index (χ0) is 20.2. The van der Waals surface area contributed by atoms with Gasteiger partial charge < -0.3 is 10.1 Å². The van der Waals surface area contributed by atoms with Crippen LogP contribution in [0.4, 0.5) is 10.5 Å². The number of piperazine rings is 1. The summed E-state index contributed by atoms with van der Waals surface area (Å²) in [6.07, 6.45) is 3.04. The molecule has 1 aliphatic heterocycles. The normalized spacial score (nSPS) is 19.9. The minimum atomic E-state index is -0.506. The quantitative estimate of drug-likeness (QED) is 0.773. The van der Waals surface area contributed by atoms with Gasteiger partial charge in [-0.25, -0.2) is 4.79 Å². The zero-order valence-electron chi connectivity index (χ0n) is 16.1. The highest BCUT2D eigenvalue weighted by Gasteiger charge is 2.35. The first-order chi connectivity index (χ1) is 14.1. The number of carbonyl (C=O) groups is 2. The Bertz CT molecular complexity index is 866. The van der Waals surface area contributed by atoms with Crippen LogP contribution >= 0.6 is 11.6 Å². The number of carbonyl (C=O) groups excluding carboxylic acids is 2. The molecule has 0 aromatic heterocycles. The minimum Gasteiger partial charge on any atom is -0.444 e. The molecule has 2 aromatic carbocycles. The van der Waals surface area contributed by atoms with Gasteiger partial charge in [-0.3, -0.25) is 15.0 Å². The van der Waals surface area contributed by atoms with Gasteiger partial charge in [0.1, 0.15) is 6.61 Å². The molecule has 2 aliphatic rings. The van der Waals surface area contributed by atoms with Crippen molar-refractivity contribution in [3.63, 3.8) is 0 Å². The number of benzene rings is 2. The third-order valence-corrected chi connectivity index (χ3v) is 5.84. The molecule has 1 saturated carbocycles. The van der Waals surface area contributed by atoms with E-state index >= 15 is 0 Å². The topological polar surface area (TPSA) is 70.7 Å². The van der Waals surface area contributed by atoms with Gasteiger partial charge in [0, 0.05) is 23.3 Å². The Labute approximate surface area is 175 Å². The third kappa shape index (κ3) is 4.89. The fourth-order valence-electron chi connectivity index (χ4n) is 3.74. The lowest BCUT2D eigenvalue weighted by Gasteiger charge is -2.44. The molecule has 2 N–H and O–H groups in total. The Kier molecular flexibility index (Phi) is 6.02. The monoisotopic (exact) mass is 413 g/mol. The van der Waals surface area contributed by atoms with Crippen molar-refractivity contribution in [1.82, 2.24) is 10.2 Å². The van der Waals surface area contributed by atoms with Crippen molar-refractivity contribution in [1.29, 1.82) is 0 Å². The van der Waals surface area contributed by atoms with E-state index in [1.54, 1.807) is 12.1 Å². The molecule has 1 aliphatic carbocycles. The van der Waals surface area contributed by atoms with E-state index in [0.29, 0.717) is 29.8 Å². The van der Waals surface area contributed by atoms with Crippen molar-refractivity contribution in [3.8, 4) is 0 Å². The van der Waals surface area contributed by atoms with Gasteiger partial charge in [0.2, 0.25) is 5.91 Å². The predicted molar refractivity (Wildman–Crippen MR) is 112 cm³/mol. The number of nitrogens with zero attached hydrogens (tertiary/aromatic N) is 1. The van der Waals surface area contributed by atoms with E-state index in [4.69, 9.17) is 16.3 Å². The van der Waals surface area contributed by atoms with Crippen LogP contribution in [0.15, 0.2) is 48.5 Å². The van der Waals surface area contributed by atoms with Crippen LogP contribution in [-0.2, 0) is 16.1 Å². The van der Waals surface area contributed by atoms with Crippen LogP contribution in [0.25, 0.3) is 0 Å². The zero-order valence-corrected chi connectivity index (χ0v) is 16.8. The molecule has 1 heterocycles. The molecule has 7 heteroatoms. The van der Waals surface area contributed by atoms with Crippen molar-refractivity contribution >= 4 is 29.3 Å². The van der Waals surface area contributed by atoms with Crippen molar-refractivity contribution in [2.75, 3.05) is 18.4 Å². The Morgan fingerprint density at radius 1 is 1.14 bits per heavy atom. The molecule has 29 heavy (non-hydrogen) atoms. The molecule has 6 nitrogen and oxygen atoms in total. The molecule has 1 unspecified atom stereocenters. The van der Waals surface area contributed by atoms with E-state index in [-0.39, 0.29) is 18.6 Å². The lowest BCUT2D eigenvalue weighted by Crippen LogP contribution is -2.55. The summed E-state index contributed by atoms with van der Waals surface area (Å²) in [6, 6.07) is 15.6. The Morgan fingerprint density at radius 2 is 1.86 bits per heavy atom. The van der Waals surface area contributed by atoms with Crippen LogP contribution in [0.5, 0.6) is 0 Å². The van der Waals surface area contributed by atoms with Gasteiger partial charge in [-0.05, 0) is 48.2 Å². The maximum Gasteiger partial charge on any atom is 0.411 e. The minimum absolute atomic E-state index is 0.0925. The lowest BCUT2D eigenvalue weighted by atomic mass is 9.88. The van der Waals surface area contributed by atoms with Crippen LogP contribution < -0.4 is 10.6 Å². The summed E-state index contributed by atoms with van der Waals surface area (Å²) in [5.41, 5.74) is 2.68. The standard InChI is InChI=1S/C22H24ClN3O3/c23-17-8-4-15(5-9-17)14-29-22(28)25-18-10-6-16(7-11-18)20-12-24-21(27)13-26(20)19-2-1-3-19/h4-11,19-20H,1-3,12-14H2,(H,24,27)(H,25,28). The van der Waals surface area contributed by atoms with Gasteiger partial charge in [-0.2, -0.15) is 0 Å². The second-order valence-corrected chi connectivity index (χ2v) is 7.96. The number of hydrogen-bond donors (Lipinski definition) is 2. The largest absolute Gasteiger partial charge is 0.444 e. The second-order valence-electron chi connectivity index (χ2n) is 7.53. The number of ether oxygens (including phenoxy) is 1. The predicted octanol–water partition coefficient (Wildman–Crippen LogP) is 4.11. The maximum atomic E-state index is 12.0. The molecule has 0 spiro atoms. The summed E-state index contributed by atoms with van der Waals surface area (Å²) in [6.45, 7) is 1.25. The van der Waals surface area contributed by atoms with Crippen LogP contribution in [-0.4, -0.2) is 36.0 Å². The smallest absolute Gasteiger partial charge is 0.411 e. The number of rotatable bonds is 5. The number of amides is 2. The van der Waals surface area contributed by atoms with Gasteiger partial charge in [0.15, 0.2) is 0 Å². The highest BCUT2D eigenvalue weighted by Crippen LogP contribution is 2.33. The SMILES string of the molecule is O=C1CN(C2CCC2)C(c2ccc(NC(=O)OCc3ccc(Cl)cc3)cc2)CN1. The van der Waals surface area contributed by atoms with Crippen molar-refractivity contribution < 1.29 is 14.3 Å². The van der Waals surface area contributed by atoms with Crippen LogP contribution in [0, 0.1) is 0 Å². The summed E-state index contributed by atoms with van der Waals surface area (Å²) in [7, 11) is 0. The first-order valence-electron chi connectivity index (χ1n) is 9.89. The maximum absolute atomic E-state index is 12.0. The molecule has 0 bridgehead atoms. The summed E-state index contributed by atoms with van der Waals surface area (Å²) >= 11 is 5.85. The summed E-state index contributed by atoms with van der Waals surface area (Å²) < 4.78 is 5.25. The van der Waals surface area contributed by atoms with E-state index in [9.17, 15) is 9.59 Å². The average molecular weight is 414 g/mol. The Hall–Kier alpha value is -2.57. The number of halogens is 1. The number of anilines is 1. The van der Waals surface area contributed by atoms with Gasteiger partial charge in [-0.1, -0.05) is 42.3 Å². The van der Waals surface area contributed by atoms with Crippen molar-refractivity contribution in [3.05, 3.63) is 64.7 Å². The molecular formula is C22H24ClN3O3. The van der Waals surface area contributed by atoms with Gasteiger partial charge in [0.05, 0.1) is 12.6 Å². The van der Waals surface area contributed by atoms with Gasteiger partial charge in [-0.15, -0.1) is 0 Å². The molecule has 4 rings (SSSR count). The molecule has 2 fully saturated rings. The Balaban J connectivity index is 1.34. The van der Waals surface area contributed by atoms with E-state index < -0.39 is 6.09 Å². The fraction of sp³-hybridized carbons (Fsp3) is 0.364. The van der Waals surface area contributed by atoms with Gasteiger partial charge in [0.25, 0.3) is 0 Å². The highest BCUT2D eigenvalue weighted by molar-refractivity contribution is 6.30. The summed E-state index contributed by atoms with van der Waals surface area (Å²) in [5, 5.41) is 6.36. The van der Waals surface area contributed by atoms with Gasteiger partial charge >= 0.3 is 6.09 Å². The van der Waals surface area contributed by atoms with Crippen LogP contribution in [0.3, 0.4) is 0 Å². The molecule has 152 valence electrons. The van der Waals surface area contributed by atoms with Crippen LogP contribution in [0.1, 0.15) is 36.4 Å². The number of nitrogens with one attached hydrogen (secondary N) is 2. The second kappa shape index (κ2) is 8.84.